The number of hydrogen-bond acceptors (Lipinski definition) is 4. The smallest absolute Gasteiger partial charge is 0.258 e. The van der Waals surface area contributed by atoms with Crippen LogP contribution in [0.1, 0.15) is 38.0 Å². The first-order valence-electron chi connectivity index (χ1n) is 8.61. The fourth-order valence-corrected chi connectivity index (χ4v) is 2.81. The van der Waals surface area contributed by atoms with Crippen molar-refractivity contribution in [1.29, 1.82) is 0 Å². The zero-order valence-electron chi connectivity index (χ0n) is 15.8. The van der Waals surface area contributed by atoms with Crippen molar-refractivity contribution in [3.8, 4) is 5.75 Å². The van der Waals surface area contributed by atoms with E-state index >= 15 is 0 Å². The van der Waals surface area contributed by atoms with Crippen LogP contribution >= 0.6 is 11.8 Å². The number of amides is 1. The predicted octanol–water partition coefficient (Wildman–Crippen LogP) is 3.93. The number of rotatable bonds is 7. The molecule has 140 valence electrons. The molecule has 0 aliphatic rings. The van der Waals surface area contributed by atoms with E-state index in [-0.39, 0.29) is 24.5 Å². The summed E-state index contributed by atoms with van der Waals surface area (Å²) in [7, 11) is 0. The molecule has 2 aromatic rings. The Morgan fingerprint density at radius 1 is 1.12 bits per heavy atom. The number of hydrogen-bond donors (Lipinski definition) is 2. The highest BCUT2D eigenvalue weighted by atomic mass is 32.2. The molecule has 0 aromatic heterocycles. The maximum atomic E-state index is 11.9. The van der Waals surface area contributed by atoms with E-state index in [1.807, 2.05) is 54.8 Å². The number of aliphatic hydroxyl groups excluding tert-OH is 1. The fraction of sp³-hybridized carbons (Fsp3) is 0.381. The van der Waals surface area contributed by atoms with Crippen LogP contribution in [0.2, 0.25) is 0 Å². The quantitative estimate of drug-likeness (QED) is 0.722. The molecule has 0 bridgehead atoms. The molecule has 2 rings (SSSR count). The van der Waals surface area contributed by atoms with Gasteiger partial charge in [0.25, 0.3) is 5.91 Å². The lowest BCUT2D eigenvalue weighted by atomic mass is 9.87. The summed E-state index contributed by atoms with van der Waals surface area (Å²) in [5.74, 6) is 0.394. The van der Waals surface area contributed by atoms with Crippen LogP contribution < -0.4 is 10.1 Å². The van der Waals surface area contributed by atoms with Gasteiger partial charge in [-0.2, -0.15) is 0 Å². The normalized spacial score (nSPS) is 12.5. The number of carbonyl (C=O) groups excluding carboxylic acids is 1. The van der Waals surface area contributed by atoms with Gasteiger partial charge in [0.2, 0.25) is 0 Å². The monoisotopic (exact) mass is 373 g/mol. The second kappa shape index (κ2) is 9.10. The van der Waals surface area contributed by atoms with E-state index < -0.39 is 6.10 Å². The third kappa shape index (κ3) is 6.07. The number of aliphatic hydroxyl groups is 1. The van der Waals surface area contributed by atoms with E-state index in [9.17, 15) is 9.90 Å². The Labute approximate surface area is 160 Å². The highest BCUT2D eigenvalue weighted by molar-refractivity contribution is 7.98. The first-order chi connectivity index (χ1) is 12.3. The number of ether oxygens (including phenoxy) is 1. The average Bonchev–Trinajstić information content (AvgIpc) is 2.64. The van der Waals surface area contributed by atoms with Gasteiger partial charge in [0, 0.05) is 11.4 Å². The summed E-state index contributed by atoms with van der Waals surface area (Å²) in [5, 5.41) is 12.9. The van der Waals surface area contributed by atoms with Gasteiger partial charge in [-0.25, -0.2) is 0 Å². The molecule has 0 radical (unpaired) electrons. The van der Waals surface area contributed by atoms with Gasteiger partial charge in [-0.3, -0.25) is 4.79 Å². The summed E-state index contributed by atoms with van der Waals surface area (Å²) in [6.45, 7) is 6.53. The van der Waals surface area contributed by atoms with Crippen molar-refractivity contribution < 1.29 is 14.6 Å². The molecule has 2 N–H and O–H groups in total. The topological polar surface area (TPSA) is 58.6 Å². The molecule has 5 heteroatoms. The molecule has 0 aliphatic heterocycles. The van der Waals surface area contributed by atoms with Gasteiger partial charge in [-0.1, -0.05) is 45.0 Å². The number of benzene rings is 2. The van der Waals surface area contributed by atoms with Crippen molar-refractivity contribution in [3.05, 3.63) is 59.7 Å². The van der Waals surface area contributed by atoms with E-state index in [0.717, 1.165) is 10.5 Å². The predicted molar refractivity (Wildman–Crippen MR) is 107 cm³/mol. The van der Waals surface area contributed by atoms with E-state index in [0.29, 0.717) is 5.75 Å². The Bertz CT molecular complexity index is 706. The van der Waals surface area contributed by atoms with Crippen molar-refractivity contribution in [2.24, 2.45) is 0 Å². The van der Waals surface area contributed by atoms with Gasteiger partial charge in [0.05, 0.1) is 6.10 Å². The minimum absolute atomic E-state index is 0.0764. The van der Waals surface area contributed by atoms with Crippen LogP contribution in [0.25, 0.3) is 0 Å². The SMILES string of the molecule is CSc1ccc(C(O)CNC(=O)COc2ccc(C(C)(C)C)cc2)cc1. The molecule has 26 heavy (non-hydrogen) atoms. The average molecular weight is 374 g/mol. The molecule has 0 spiro atoms. The molecular formula is C21H27NO3S. The van der Waals surface area contributed by atoms with Crippen LogP contribution in [0.15, 0.2) is 53.4 Å². The molecule has 1 amide bonds. The number of carbonyl (C=O) groups is 1. The molecule has 0 fully saturated rings. The van der Waals surface area contributed by atoms with Crippen molar-refractivity contribution in [3.63, 3.8) is 0 Å². The first kappa shape index (κ1) is 20.3. The van der Waals surface area contributed by atoms with Crippen LogP contribution in [0.3, 0.4) is 0 Å². The van der Waals surface area contributed by atoms with Gasteiger partial charge in [-0.05, 0) is 47.1 Å². The Balaban J connectivity index is 1.77. The van der Waals surface area contributed by atoms with Crippen molar-refractivity contribution >= 4 is 17.7 Å². The lowest BCUT2D eigenvalue weighted by Crippen LogP contribution is -2.32. The van der Waals surface area contributed by atoms with E-state index in [1.165, 1.54) is 5.56 Å². The van der Waals surface area contributed by atoms with Gasteiger partial charge < -0.3 is 15.2 Å². The minimum atomic E-state index is -0.735. The van der Waals surface area contributed by atoms with Crippen LogP contribution in [0.4, 0.5) is 0 Å². The highest BCUT2D eigenvalue weighted by Crippen LogP contribution is 2.24. The summed E-state index contributed by atoms with van der Waals surface area (Å²) in [5.41, 5.74) is 2.08. The molecule has 1 unspecified atom stereocenters. The Hall–Kier alpha value is -1.98. The van der Waals surface area contributed by atoms with E-state index in [1.54, 1.807) is 11.8 Å². The zero-order chi connectivity index (χ0) is 19.2. The number of nitrogens with one attached hydrogen (secondary N) is 1. The third-order valence-corrected chi connectivity index (χ3v) is 4.83. The van der Waals surface area contributed by atoms with Crippen LogP contribution in [-0.2, 0) is 10.2 Å². The molecule has 0 saturated carbocycles. The van der Waals surface area contributed by atoms with Gasteiger partial charge in [0.15, 0.2) is 6.61 Å². The maximum absolute atomic E-state index is 11.9. The van der Waals surface area contributed by atoms with E-state index in [2.05, 4.69) is 26.1 Å². The van der Waals surface area contributed by atoms with Crippen LogP contribution in [0, 0.1) is 0 Å². The summed E-state index contributed by atoms with van der Waals surface area (Å²) in [6, 6.07) is 15.4. The Kier molecular flexibility index (Phi) is 7.12. The van der Waals surface area contributed by atoms with Crippen molar-refractivity contribution in [2.45, 2.75) is 37.2 Å². The first-order valence-corrected chi connectivity index (χ1v) is 9.84. The van der Waals surface area contributed by atoms with Crippen molar-refractivity contribution in [1.82, 2.24) is 5.32 Å². The second-order valence-electron chi connectivity index (χ2n) is 7.16. The largest absolute Gasteiger partial charge is 0.484 e. The highest BCUT2D eigenvalue weighted by Gasteiger charge is 2.13. The summed E-state index contributed by atoms with van der Waals surface area (Å²) >= 11 is 1.65. The van der Waals surface area contributed by atoms with Crippen LogP contribution in [0.5, 0.6) is 5.75 Å². The molecule has 4 nitrogen and oxygen atoms in total. The fourth-order valence-electron chi connectivity index (χ4n) is 2.41. The van der Waals surface area contributed by atoms with Crippen molar-refractivity contribution in [2.75, 3.05) is 19.4 Å². The lowest BCUT2D eigenvalue weighted by molar-refractivity contribution is -0.123. The number of thioether (sulfide) groups is 1. The molecular weight excluding hydrogens is 346 g/mol. The molecule has 0 saturated heterocycles. The third-order valence-electron chi connectivity index (χ3n) is 4.08. The molecule has 1 atom stereocenters. The Morgan fingerprint density at radius 3 is 2.27 bits per heavy atom. The molecule has 0 aliphatic carbocycles. The van der Waals surface area contributed by atoms with Gasteiger partial charge >= 0.3 is 0 Å². The lowest BCUT2D eigenvalue weighted by Gasteiger charge is -2.19. The van der Waals surface area contributed by atoms with Gasteiger partial charge in [0.1, 0.15) is 5.75 Å². The van der Waals surface area contributed by atoms with E-state index in [4.69, 9.17) is 4.74 Å². The summed E-state index contributed by atoms with van der Waals surface area (Å²) in [6.07, 6.45) is 1.27. The molecule has 0 heterocycles. The summed E-state index contributed by atoms with van der Waals surface area (Å²) in [4.78, 5) is 13.1. The zero-order valence-corrected chi connectivity index (χ0v) is 16.6. The Morgan fingerprint density at radius 2 is 1.73 bits per heavy atom. The van der Waals surface area contributed by atoms with Gasteiger partial charge in [-0.15, -0.1) is 11.8 Å². The van der Waals surface area contributed by atoms with Crippen LogP contribution in [-0.4, -0.2) is 30.4 Å². The standard InChI is InChI=1S/C21H27NO3S/c1-21(2,3)16-7-9-17(10-8-16)25-14-20(24)22-13-19(23)15-5-11-18(26-4)12-6-15/h5-12,19,23H,13-14H2,1-4H3,(H,22,24). The minimum Gasteiger partial charge on any atom is -0.484 e. The summed E-state index contributed by atoms with van der Waals surface area (Å²) < 4.78 is 5.51. The molecule has 2 aromatic carbocycles. The second-order valence-corrected chi connectivity index (χ2v) is 8.04. The maximum Gasteiger partial charge on any atom is 0.258 e.